The van der Waals surface area contributed by atoms with Gasteiger partial charge in [0.1, 0.15) is 18.2 Å². The lowest BCUT2D eigenvalue weighted by Gasteiger charge is -2.10. The van der Waals surface area contributed by atoms with Crippen molar-refractivity contribution in [2.24, 2.45) is 0 Å². The van der Waals surface area contributed by atoms with Gasteiger partial charge in [-0.1, -0.05) is 18.2 Å². The van der Waals surface area contributed by atoms with Gasteiger partial charge >= 0.3 is 0 Å². The van der Waals surface area contributed by atoms with E-state index in [1.165, 1.54) is 11.1 Å². The Balaban J connectivity index is 0.00000225. The van der Waals surface area contributed by atoms with Crippen molar-refractivity contribution < 1.29 is 22.3 Å². The fourth-order valence-corrected chi connectivity index (χ4v) is 2.86. The lowest BCUT2D eigenvalue weighted by atomic mass is 10.1. The molecule has 1 aromatic heterocycles. The number of aliphatic hydroxyl groups excluding tert-OH is 1. The molecule has 0 radical (unpaired) electrons. The van der Waals surface area contributed by atoms with Gasteiger partial charge in [-0.25, -0.2) is 4.98 Å². The second-order valence-corrected chi connectivity index (χ2v) is 6.13. The minimum Gasteiger partial charge on any atom is -1.00 e. The Labute approximate surface area is 154 Å². The molecule has 0 aliphatic carbocycles. The maximum atomic E-state index is 9.51. The van der Waals surface area contributed by atoms with E-state index in [9.17, 15) is 5.11 Å². The summed E-state index contributed by atoms with van der Waals surface area (Å²) in [5, 5.41) is 9.51. The molecule has 4 nitrogen and oxygen atoms in total. The van der Waals surface area contributed by atoms with Gasteiger partial charge in [0.2, 0.25) is 0 Å². The highest BCUT2D eigenvalue weighted by Gasteiger charge is 2.08. The molecule has 1 N–H and O–H groups in total. The largest absolute Gasteiger partial charge is 1.00 e. The molecule has 0 saturated heterocycles. The Morgan fingerprint density at radius 3 is 2.60 bits per heavy atom. The van der Waals surface area contributed by atoms with Crippen LogP contribution < -0.4 is 17.1 Å². The molecular formula is C20H24ClN2O2-. The number of aliphatic hydroxyl groups is 1. The quantitative estimate of drug-likeness (QED) is 0.640. The van der Waals surface area contributed by atoms with Crippen molar-refractivity contribution in [1.82, 2.24) is 9.55 Å². The van der Waals surface area contributed by atoms with Crippen molar-refractivity contribution in [3.8, 4) is 5.75 Å². The number of aromatic nitrogens is 2. The smallest absolute Gasteiger partial charge is 0.135 e. The van der Waals surface area contributed by atoms with Crippen LogP contribution in [0.2, 0.25) is 0 Å². The van der Waals surface area contributed by atoms with E-state index in [0.29, 0.717) is 6.61 Å². The van der Waals surface area contributed by atoms with Crippen LogP contribution in [0.4, 0.5) is 0 Å². The Kier molecular flexibility index (Phi) is 6.85. The van der Waals surface area contributed by atoms with Crippen molar-refractivity contribution in [3.63, 3.8) is 0 Å². The molecule has 0 fully saturated rings. The van der Waals surface area contributed by atoms with Gasteiger partial charge in [0.25, 0.3) is 0 Å². The summed E-state index contributed by atoms with van der Waals surface area (Å²) in [6.07, 6.45) is 1.95. The topological polar surface area (TPSA) is 47.3 Å². The average molecular weight is 360 g/mol. The van der Waals surface area contributed by atoms with Gasteiger partial charge in [0, 0.05) is 6.54 Å². The number of nitrogens with zero attached hydrogens (tertiary/aromatic N) is 2. The molecule has 3 rings (SSSR count). The van der Waals surface area contributed by atoms with Crippen LogP contribution in [0, 0.1) is 13.8 Å². The number of fused-ring (bicyclic) bond motifs is 1. The van der Waals surface area contributed by atoms with Gasteiger partial charge in [0.15, 0.2) is 0 Å². The molecule has 0 bridgehead atoms. The van der Waals surface area contributed by atoms with E-state index < -0.39 is 0 Å². The van der Waals surface area contributed by atoms with E-state index in [1.807, 2.05) is 30.3 Å². The van der Waals surface area contributed by atoms with E-state index in [4.69, 9.17) is 4.74 Å². The van der Waals surface area contributed by atoms with Crippen molar-refractivity contribution in [1.29, 1.82) is 0 Å². The van der Waals surface area contributed by atoms with Crippen molar-refractivity contribution in [3.05, 3.63) is 59.4 Å². The fourth-order valence-electron chi connectivity index (χ4n) is 2.86. The minimum atomic E-state index is -0.0339. The number of benzene rings is 2. The second kappa shape index (κ2) is 8.88. The first-order chi connectivity index (χ1) is 11.7. The molecule has 3 aromatic rings. The summed E-state index contributed by atoms with van der Waals surface area (Å²) in [7, 11) is 0. The molecule has 0 aliphatic rings. The number of imidazole rings is 1. The first kappa shape index (κ1) is 19.3. The van der Waals surface area contributed by atoms with Crippen LogP contribution in [0.5, 0.6) is 5.75 Å². The monoisotopic (exact) mass is 359 g/mol. The zero-order chi connectivity index (χ0) is 16.9. The molecule has 134 valence electrons. The predicted octanol–water partition coefficient (Wildman–Crippen LogP) is 1.01. The van der Waals surface area contributed by atoms with Crippen LogP contribution in [-0.2, 0) is 13.2 Å². The second-order valence-electron chi connectivity index (χ2n) is 6.13. The zero-order valence-corrected chi connectivity index (χ0v) is 15.5. The summed E-state index contributed by atoms with van der Waals surface area (Å²) in [6, 6.07) is 14.2. The number of rotatable bonds is 7. The first-order valence-electron chi connectivity index (χ1n) is 8.44. The molecule has 0 saturated carbocycles. The van der Waals surface area contributed by atoms with Gasteiger partial charge in [0.05, 0.1) is 17.6 Å². The number of aryl methyl sites for hydroxylation is 3. The summed E-state index contributed by atoms with van der Waals surface area (Å²) in [4.78, 5) is 4.48. The molecule has 5 heteroatoms. The number of hydrogen-bond acceptors (Lipinski definition) is 3. The highest BCUT2D eigenvalue weighted by Crippen LogP contribution is 2.18. The number of ether oxygens (including phenoxy) is 1. The van der Waals surface area contributed by atoms with E-state index in [0.717, 1.165) is 42.0 Å². The Bertz CT molecular complexity index is 830. The number of hydrogen-bond donors (Lipinski definition) is 1. The molecule has 0 amide bonds. The first-order valence-corrected chi connectivity index (χ1v) is 8.44. The van der Waals surface area contributed by atoms with Gasteiger partial charge in [-0.3, -0.25) is 0 Å². The van der Waals surface area contributed by atoms with Crippen molar-refractivity contribution in [2.75, 3.05) is 6.61 Å². The van der Waals surface area contributed by atoms with Crippen LogP contribution in [0.1, 0.15) is 29.8 Å². The third kappa shape index (κ3) is 4.53. The Morgan fingerprint density at radius 2 is 1.84 bits per heavy atom. The van der Waals surface area contributed by atoms with Gasteiger partial charge in [-0.15, -0.1) is 0 Å². The van der Waals surface area contributed by atoms with Crippen LogP contribution in [0.25, 0.3) is 11.0 Å². The predicted molar refractivity (Wildman–Crippen MR) is 96.3 cm³/mol. The Morgan fingerprint density at radius 1 is 1.04 bits per heavy atom. The standard InChI is InChI=1S/C20H24N2O2.ClH/c1-15-9-10-17(13-16(15)2)24-12-6-5-11-22-19-8-4-3-7-18(19)21-20(22)14-23;/h3-4,7-10,13,23H,5-6,11-12,14H2,1-2H3;1H/p-1. The summed E-state index contributed by atoms with van der Waals surface area (Å²) in [6.45, 7) is 5.71. The molecule has 0 unspecified atom stereocenters. The van der Waals surface area contributed by atoms with Crippen LogP contribution in [0.15, 0.2) is 42.5 Å². The SMILES string of the molecule is Cc1ccc(OCCCCn2c(CO)nc3ccccc32)cc1C.[Cl-]. The lowest BCUT2D eigenvalue weighted by molar-refractivity contribution is -0.00000647. The molecule has 2 aromatic carbocycles. The van der Waals surface area contributed by atoms with E-state index in [2.05, 4.69) is 35.5 Å². The van der Waals surface area contributed by atoms with Crippen LogP contribution >= 0.6 is 0 Å². The Hall–Kier alpha value is -2.04. The number of halogens is 1. The molecule has 1 heterocycles. The summed E-state index contributed by atoms with van der Waals surface area (Å²) in [5.41, 5.74) is 4.56. The number of para-hydroxylation sites is 2. The van der Waals surface area contributed by atoms with Gasteiger partial charge in [-0.2, -0.15) is 0 Å². The zero-order valence-electron chi connectivity index (χ0n) is 14.7. The maximum Gasteiger partial charge on any atom is 0.135 e. The third-order valence-electron chi connectivity index (χ3n) is 4.40. The summed E-state index contributed by atoms with van der Waals surface area (Å²) >= 11 is 0. The van der Waals surface area contributed by atoms with Gasteiger partial charge in [-0.05, 0) is 62.1 Å². The van der Waals surface area contributed by atoms with E-state index in [-0.39, 0.29) is 19.0 Å². The summed E-state index contributed by atoms with van der Waals surface area (Å²) < 4.78 is 7.93. The summed E-state index contributed by atoms with van der Waals surface area (Å²) in [5.74, 6) is 1.66. The molecule has 0 atom stereocenters. The van der Waals surface area contributed by atoms with Crippen molar-refractivity contribution in [2.45, 2.75) is 39.8 Å². The maximum absolute atomic E-state index is 9.51. The van der Waals surface area contributed by atoms with E-state index in [1.54, 1.807) is 0 Å². The fraction of sp³-hybridized carbons (Fsp3) is 0.350. The lowest BCUT2D eigenvalue weighted by Crippen LogP contribution is -3.00. The molecule has 25 heavy (non-hydrogen) atoms. The molecule has 0 aliphatic heterocycles. The van der Waals surface area contributed by atoms with Gasteiger partial charge < -0.3 is 26.8 Å². The van der Waals surface area contributed by atoms with Crippen molar-refractivity contribution >= 4 is 11.0 Å². The number of unbranched alkanes of at least 4 members (excludes halogenated alkanes) is 1. The highest BCUT2D eigenvalue weighted by atomic mass is 35.5. The molecular weight excluding hydrogens is 336 g/mol. The average Bonchev–Trinajstić information content (AvgIpc) is 2.95. The van der Waals surface area contributed by atoms with Crippen LogP contribution in [0.3, 0.4) is 0 Å². The molecule has 0 spiro atoms. The highest BCUT2D eigenvalue weighted by molar-refractivity contribution is 5.75. The third-order valence-corrected chi connectivity index (χ3v) is 4.40. The van der Waals surface area contributed by atoms with E-state index >= 15 is 0 Å². The minimum absolute atomic E-state index is 0. The van der Waals surface area contributed by atoms with Crippen LogP contribution in [-0.4, -0.2) is 21.3 Å². The normalized spacial score (nSPS) is 10.7.